The Morgan fingerprint density at radius 1 is 1.23 bits per heavy atom. The molecule has 1 unspecified atom stereocenters. The second kappa shape index (κ2) is 7.06. The molecule has 0 saturated carbocycles. The number of ketones is 1. The smallest absolute Gasteiger partial charge is 0.351 e. The molecule has 0 aliphatic heterocycles. The molecule has 1 aromatic rings. The Kier molecular flexibility index (Phi) is 5.41. The summed E-state index contributed by atoms with van der Waals surface area (Å²) in [6, 6.07) is 5.63. The quantitative estimate of drug-likeness (QED) is 0.804. The molecular weight excluding hydrogens is 371 g/mol. The summed E-state index contributed by atoms with van der Waals surface area (Å²) in [7, 11) is -3.36. The summed E-state index contributed by atoms with van der Waals surface area (Å²) in [5.74, 6) is -3.34. The first-order valence-corrected chi connectivity index (χ1v) is 9.29. The molecule has 1 aliphatic carbocycles. The zero-order valence-electron chi connectivity index (χ0n) is 13.8. The first-order chi connectivity index (χ1) is 11.9. The molecule has 9 heteroatoms. The van der Waals surface area contributed by atoms with E-state index in [9.17, 15) is 31.2 Å². The van der Waals surface area contributed by atoms with Gasteiger partial charge in [-0.25, -0.2) is 8.42 Å². The number of amides is 1. The summed E-state index contributed by atoms with van der Waals surface area (Å²) >= 11 is 0. The molecule has 139 valence electrons. The Morgan fingerprint density at radius 2 is 1.81 bits per heavy atom. The number of alkyl halides is 3. The highest BCUT2D eigenvalue weighted by molar-refractivity contribution is 7.90. The molecule has 1 aliphatic rings. The Hall–Kier alpha value is -2.42. The SMILES string of the molecule is CC1=[C]C(=O)C(C(=O)NCc2ccc(S(C)(=O)=O)cc2)C=C1C(F)(F)F. The molecule has 1 aromatic carbocycles. The molecule has 1 amide bonds. The molecule has 1 atom stereocenters. The monoisotopic (exact) mass is 386 g/mol. The number of nitrogens with one attached hydrogen (secondary N) is 1. The van der Waals surface area contributed by atoms with Gasteiger partial charge in [-0.1, -0.05) is 18.2 Å². The first kappa shape index (κ1) is 19.9. The van der Waals surface area contributed by atoms with Gasteiger partial charge in [0.25, 0.3) is 0 Å². The maximum absolute atomic E-state index is 12.9. The van der Waals surface area contributed by atoms with Crippen molar-refractivity contribution in [2.45, 2.75) is 24.5 Å². The molecular formula is C17H15F3NO4S. The van der Waals surface area contributed by atoms with E-state index in [1.165, 1.54) is 24.3 Å². The Morgan fingerprint density at radius 3 is 2.31 bits per heavy atom. The third-order valence-electron chi connectivity index (χ3n) is 3.74. The summed E-state index contributed by atoms with van der Waals surface area (Å²) in [5, 5.41) is 2.37. The predicted octanol–water partition coefficient (Wildman–Crippen LogP) is 2.14. The van der Waals surface area contributed by atoms with E-state index >= 15 is 0 Å². The highest BCUT2D eigenvalue weighted by Crippen LogP contribution is 2.34. The predicted molar refractivity (Wildman–Crippen MR) is 86.5 cm³/mol. The molecule has 5 nitrogen and oxygen atoms in total. The highest BCUT2D eigenvalue weighted by atomic mass is 32.2. The molecule has 0 heterocycles. The van der Waals surface area contributed by atoms with Crippen LogP contribution in [0.3, 0.4) is 0 Å². The number of halogens is 3. The molecule has 0 saturated heterocycles. The zero-order chi connectivity index (χ0) is 19.7. The molecule has 0 aromatic heterocycles. The first-order valence-electron chi connectivity index (χ1n) is 7.40. The van der Waals surface area contributed by atoms with Gasteiger partial charge in [-0.05, 0) is 30.2 Å². The number of carbonyl (C=O) groups excluding carboxylic acids is 2. The normalized spacial score (nSPS) is 18.2. The minimum absolute atomic E-state index is 0.0649. The lowest BCUT2D eigenvalue weighted by molar-refractivity contribution is -0.130. The van der Waals surface area contributed by atoms with E-state index in [1.807, 2.05) is 0 Å². The summed E-state index contributed by atoms with van der Waals surface area (Å²) in [6.45, 7) is 1.04. The lowest BCUT2D eigenvalue weighted by Gasteiger charge is -2.20. The number of hydrogen-bond donors (Lipinski definition) is 1. The number of sulfone groups is 1. The van der Waals surface area contributed by atoms with Crippen molar-refractivity contribution in [3.63, 3.8) is 0 Å². The van der Waals surface area contributed by atoms with E-state index in [4.69, 9.17) is 0 Å². The second-order valence-electron chi connectivity index (χ2n) is 5.80. The second-order valence-corrected chi connectivity index (χ2v) is 7.82. The fourth-order valence-corrected chi connectivity index (χ4v) is 2.98. The van der Waals surface area contributed by atoms with Gasteiger partial charge in [0.15, 0.2) is 15.6 Å². The fourth-order valence-electron chi connectivity index (χ4n) is 2.35. The average molecular weight is 386 g/mol. The van der Waals surface area contributed by atoms with Crippen LogP contribution in [0.1, 0.15) is 12.5 Å². The van der Waals surface area contributed by atoms with Crippen LogP contribution in [0, 0.1) is 12.0 Å². The number of rotatable bonds is 4. The Labute approximate surface area is 148 Å². The summed E-state index contributed by atoms with van der Waals surface area (Å²) in [6.07, 6.45) is -0.988. The number of Topliss-reactive ketones (excluding diaryl/α,β-unsaturated/α-hetero) is 1. The minimum Gasteiger partial charge on any atom is -0.351 e. The van der Waals surface area contributed by atoms with Crippen LogP contribution in [0.15, 0.2) is 46.4 Å². The largest absolute Gasteiger partial charge is 0.416 e. The van der Waals surface area contributed by atoms with Crippen molar-refractivity contribution < 1.29 is 31.2 Å². The molecule has 0 fully saturated rings. The van der Waals surface area contributed by atoms with Crippen molar-refractivity contribution in [3.05, 3.63) is 53.1 Å². The number of allylic oxidation sites excluding steroid dienone is 3. The number of hydrogen-bond acceptors (Lipinski definition) is 4. The lowest BCUT2D eigenvalue weighted by atomic mass is 9.89. The van der Waals surface area contributed by atoms with E-state index in [2.05, 4.69) is 11.4 Å². The van der Waals surface area contributed by atoms with Gasteiger partial charge < -0.3 is 5.32 Å². The van der Waals surface area contributed by atoms with Crippen LogP contribution in [-0.4, -0.2) is 32.5 Å². The van der Waals surface area contributed by atoms with Crippen LogP contribution in [-0.2, 0) is 26.0 Å². The van der Waals surface area contributed by atoms with Gasteiger partial charge in [-0.15, -0.1) is 0 Å². The summed E-state index contributed by atoms with van der Waals surface area (Å²) < 4.78 is 61.5. The van der Waals surface area contributed by atoms with Crippen LogP contribution in [0.2, 0.25) is 0 Å². The van der Waals surface area contributed by atoms with Gasteiger partial charge in [0, 0.05) is 18.9 Å². The molecule has 1 N–H and O–H groups in total. The maximum atomic E-state index is 12.9. The Balaban J connectivity index is 2.10. The van der Waals surface area contributed by atoms with E-state index in [-0.39, 0.29) is 17.0 Å². The molecule has 0 bridgehead atoms. The lowest BCUT2D eigenvalue weighted by Crippen LogP contribution is -2.36. The topological polar surface area (TPSA) is 80.3 Å². The minimum atomic E-state index is -4.68. The van der Waals surface area contributed by atoms with Crippen molar-refractivity contribution in [1.82, 2.24) is 5.32 Å². The third kappa shape index (κ3) is 4.60. The summed E-state index contributed by atoms with van der Waals surface area (Å²) in [5.41, 5.74) is -0.887. The summed E-state index contributed by atoms with van der Waals surface area (Å²) in [4.78, 5) is 24.0. The van der Waals surface area contributed by atoms with E-state index in [0.717, 1.165) is 13.2 Å². The fraction of sp³-hybridized carbons (Fsp3) is 0.294. The van der Waals surface area contributed by atoms with Gasteiger partial charge in [-0.3, -0.25) is 9.59 Å². The van der Waals surface area contributed by atoms with Gasteiger partial charge in [0.05, 0.1) is 10.5 Å². The molecule has 2 rings (SSSR count). The molecule has 0 spiro atoms. The Bertz CT molecular complexity index is 897. The zero-order valence-corrected chi connectivity index (χ0v) is 14.7. The third-order valence-corrected chi connectivity index (χ3v) is 4.87. The number of benzene rings is 1. The van der Waals surface area contributed by atoms with Crippen LogP contribution in [0.5, 0.6) is 0 Å². The van der Waals surface area contributed by atoms with Crippen molar-refractivity contribution >= 4 is 21.5 Å². The van der Waals surface area contributed by atoms with Crippen LogP contribution in [0.25, 0.3) is 0 Å². The van der Waals surface area contributed by atoms with Gasteiger partial charge in [0.2, 0.25) is 5.91 Å². The van der Waals surface area contributed by atoms with Crippen molar-refractivity contribution in [2.75, 3.05) is 6.26 Å². The van der Waals surface area contributed by atoms with E-state index < -0.39 is 39.2 Å². The maximum Gasteiger partial charge on any atom is 0.416 e. The molecule has 26 heavy (non-hydrogen) atoms. The van der Waals surface area contributed by atoms with Crippen molar-refractivity contribution in [1.29, 1.82) is 0 Å². The van der Waals surface area contributed by atoms with Crippen molar-refractivity contribution in [3.8, 4) is 0 Å². The van der Waals surface area contributed by atoms with Gasteiger partial charge in [0.1, 0.15) is 5.92 Å². The van der Waals surface area contributed by atoms with Gasteiger partial charge in [-0.2, -0.15) is 13.2 Å². The van der Waals surface area contributed by atoms with E-state index in [0.29, 0.717) is 11.6 Å². The van der Waals surface area contributed by atoms with Crippen LogP contribution >= 0.6 is 0 Å². The highest BCUT2D eigenvalue weighted by Gasteiger charge is 2.40. The average Bonchev–Trinajstić information content (AvgIpc) is 2.51. The molecule has 1 radical (unpaired) electrons. The van der Waals surface area contributed by atoms with E-state index in [1.54, 1.807) is 0 Å². The van der Waals surface area contributed by atoms with Crippen LogP contribution in [0.4, 0.5) is 13.2 Å². The van der Waals surface area contributed by atoms with Gasteiger partial charge >= 0.3 is 6.18 Å². The standard InChI is InChI=1S/C17H15F3NO4S/c1-10-7-15(22)13(8-14(10)17(18,19)20)16(23)21-9-11-3-5-12(6-4-11)26(2,24)25/h3-6,8,13H,9H2,1-2H3,(H,21,23). The number of carbonyl (C=O) groups is 2. The van der Waals surface area contributed by atoms with Crippen LogP contribution < -0.4 is 5.32 Å². The van der Waals surface area contributed by atoms with Crippen molar-refractivity contribution in [2.24, 2.45) is 5.92 Å².